The van der Waals surface area contributed by atoms with E-state index in [1.807, 2.05) is 0 Å². The number of Topliss-reactive ketones (excluding diaryl/α,β-unsaturated/α-hetero) is 1. The van der Waals surface area contributed by atoms with Gasteiger partial charge in [-0.25, -0.2) is 0 Å². The van der Waals surface area contributed by atoms with Crippen molar-refractivity contribution >= 4 is 5.78 Å². The molecule has 1 saturated heterocycles. The van der Waals surface area contributed by atoms with Crippen LogP contribution in [-0.2, 0) is 4.79 Å². The molecule has 3 nitrogen and oxygen atoms in total. The van der Waals surface area contributed by atoms with Gasteiger partial charge >= 0.3 is 0 Å². The molecular weight excluding hydrogens is 118 g/mol. The van der Waals surface area contributed by atoms with Crippen molar-refractivity contribution in [2.24, 2.45) is 0 Å². The Kier molecular flexibility index (Phi) is 2.19. The molecular formula is C6H11NO2. The van der Waals surface area contributed by atoms with Crippen molar-refractivity contribution in [2.75, 3.05) is 13.2 Å². The first-order valence-corrected chi connectivity index (χ1v) is 3.19. The van der Waals surface area contributed by atoms with Gasteiger partial charge < -0.3 is 10.4 Å². The molecule has 0 spiro atoms. The Morgan fingerprint density at radius 3 is 3.00 bits per heavy atom. The molecule has 3 heteroatoms. The highest BCUT2D eigenvalue weighted by atomic mass is 16.3. The predicted octanol–water partition coefficient (Wildman–Crippen LogP) is -0.700. The third-order valence-corrected chi connectivity index (χ3v) is 1.58. The minimum atomic E-state index is 0.146. The van der Waals surface area contributed by atoms with Crippen LogP contribution in [0.15, 0.2) is 0 Å². The number of piperidine rings is 1. The molecule has 0 aromatic rings. The van der Waals surface area contributed by atoms with Crippen LogP contribution in [-0.4, -0.2) is 30.1 Å². The number of aliphatic hydroxyl groups excluding tert-OH is 1. The van der Waals surface area contributed by atoms with E-state index in [1.54, 1.807) is 0 Å². The van der Waals surface area contributed by atoms with E-state index in [0.717, 1.165) is 6.42 Å². The molecule has 1 heterocycles. The van der Waals surface area contributed by atoms with E-state index in [0.29, 0.717) is 13.0 Å². The number of rotatable bonds is 1. The Balaban J connectivity index is 2.26. The van der Waals surface area contributed by atoms with Crippen molar-refractivity contribution < 1.29 is 9.90 Å². The molecule has 9 heavy (non-hydrogen) atoms. The lowest BCUT2D eigenvalue weighted by Crippen LogP contribution is -2.41. The van der Waals surface area contributed by atoms with Gasteiger partial charge in [-0.05, 0) is 6.42 Å². The second kappa shape index (κ2) is 2.94. The summed E-state index contributed by atoms with van der Waals surface area (Å²) in [6, 6.07) is 0.155. The lowest BCUT2D eigenvalue weighted by atomic mass is 10.1. The molecule has 0 aromatic carbocycles. The van der Waals surface area contributed by atoms with Crippen molar-refractivity contribution in [1.29, 1.82) is 0 Å². The maximum atomic E-state index is 10.6. The van der Waals surface area contributed by atoms with E-state index in [9.17, 15) is 4.79 Å². The minimum absolute atomic E-state index is 0.146. The summed E-state index contributed by atoms with van der Waals surface area (Å²) in [5.74, 6) is 0.250. The van der Waals surface area contributed by atoms with Crippen LogP contribution >= 0.6 is 0 Å². The number of aliphatic hydroxyl groups is 1. The Labute approximate surface area is 54.1 Å². The van der Waals surface area contributed by atoms with E-state index < -0.39 is 0 Å². The maximum Gasteiger partial charge on any atom is 0.146 e. The van der Waals surface area contributed by atoms with Crippen LogP contribution in [0.1, 0.15) is 12.8 Å². The van der Waals surface area contributed by atoms with Crippen LogP contribution in [0.4, 0.5) is 0 Å². The first-order chi connectivity index (χ1) is 4.33. The summed E-state index contributed by atoms with van der Waals surface area (Å²) in [7, 11) is 0. The van der Waals surface area contributed by atoms with Gasteiger partial charge in [-0.3, -0.25) is 4.79 Å². The van der Waals surface area contributed by atoms with Gasteiger partial charge in [0.2, 0.25) is 0 Å². The number of nitrogens with one attached hydrogen (secondary N) is 1. The molecule has 1 fully saturated rings. The van der Waals surface area contributed by atoms with Crippen molar-refractivity contribution in [3.63, 3.8) is 0 Å². The average Bonchev–Trinajstić information content (AvgIpc) is 1.90. The highest BCUT2D eigenvalue weighted by Crippen LogP contribution is 2.02. The molecule has 1 aliphatic rings. The zero-order chi connectivity index (χ0) is 6.69. The van der Waals surface area contributed by atoms with Gasteiger partial charge in [-0.2, -0.15) is 0 Å². The van der Waals surface area contributed by atoms with Crippen LogP contribution in [0.2, 0.25) is 0 Å². The lowest BCUT2D eigenvalue weighted by molar-refractivity contribution is -0.119. The summed E-state index contributed by atoms with van der Waals surface area (Å²) < 4.78 is 0. The number of hydrogen-bond donors (Lipinski definition) is 2. The molecule has 0 aliphatic carbocycles. The van der Waals surface area contributed by atoms with E-state index in [-0.39, 0.29) is 18.4 Å². The molecule has 0 saturated carbocycles. The van der Waals surface area contributed by atoms with E-state index in [4.69, 9.17) is 5.11 Å². The van der Waals surface area contributed by atoms with Crippen molar-refractivity contribution in [2.45, 2.75) is 18.9 Å². The zero-order valence-corrected chi connectivity index (χ0v) is 5.26. The summed E-state index contributed by atoms with van der Waals surface area (Å²) in [6.45, 7) is 0.582. The fraction of sp³-hybridized carbons (Fsp3) is 0.833. The smallest absolute Gasteiger partial charge is 0.146 e. The lowest BCUT2D eigenvalue weighted by Gasteiger charge is -2.19. The molecule has 0 bridgehead atoms. The first-order valence-electron chi connectivity index (χ1n) is 3.19. The Morgan fingerprint density at radius 1 is 1.78 bits per heavy atom. The largest absolute Gasteiger partial charge is 0.395 e. The highest BCUT2D eigenvalue weighted by Gasteiger charge is 2.15. The fourth-order valence-corrected chi connectivity index (χ4v) is 0.940. The molecule has 2 N–H and O–H groups in total. The molecule has 0 aromatic heterocycles. The Hall–Kier alpha value is -0.410. The number of carbonyl (C=O) groups excluding carboxylic acids is 1. The van der Waals surface area contributed by atoms with E-state index in [2.05, 4.69) is 5.32 Å². The molecule has 1 rings (SSSR count). The quantitative estimate of drug-likeness (QED) is 0.492. The van der Waals surface area contributed by atoms with Gasteiger partial charge in [0.05, 0.1) is 13.2 Å². The zero-order valence-electron chi connectivity index (χ0n) is 5.26. The fourth-order valence-electron chi connectivity index (χ4n) is 0.940. The van der Waals surface area contributed by atoms with Crippen LogP contribution in [0, 0.1) is 0 Å². The van der Waals surface area contributed by atoms with E-state index >= 15 is 0 Å². The minimum Gasteiger partial charge on any atom is -0.395 e. The number of hydrogen-bond acceptors (Lipinski definition) is 3. The molecule has 1 aliphatic heterocycles. The van der Waals surface area contributed by atoms with Crippen LogP contribution in [0.3, 0.4) is 0 Å². The summed E-state index contributed by atoms with van der Waals surface area (Å²) >= 11 is 0. The second-order valence-corrected chi connectivity index (χ2v) is 2.34. The summed E-state index contributed by atoms with van der Waals surface area (Å²) in [5, 5.41) is 11.5. The average molecular weight is 129 g/mol. The molecule has 1 atom stereocenters. The maximum absolute atomic E-state index is 10.6. The van der Waals surface area contributed by atoms with Crippen LogP contribution < -0.4 is 5.32 Å². The topological polar surface area (TPSA) is 49.3 Å². The summed E-state index contributed by atoms with van der Waals surface area (Å²) in [5.41, 5.74) is 0. The SMILES string of the molecule is O=C1CC[C@H](CO)NC1. The predicted molar refractivity (Wildman–Crippen MR) is 33.1 cm³/mol. The van der Waals surface area contributed by atoms with Gasteiger partial charge in [0, 0.05) is 12.5 Å². The third-order valence-electron chi connectivity index (χ3n) is 1.58. The molecule has 0 amide bonds. The molecule has 0 unspecified atom stereocenters. The van der Waals surface area contributed by atoms with Gasteiger partial charge in [-0.15, -0.1) is 0 Å². The normalized spacial score (nSPS) is 28.6. The summed E-state index contributed by atoms with van der Waals surface area (Å²) in [4.78, 5) is 10.6. The first kappa shape index (κ1) is 6.71. The second-order valence-electron chi connectivity index (χ2n) is 2.34. The summed E-state index contributed by atoms with van der Waals surface area (Å²) in [6.07, 6.45) is 1.41. The molecule has 52 valence electrons. The van der Waals surface area contributed by atoms with Crippen LogP contribution in [0.25, 0.3) is 0 Å². The highest BCUT2D eigenvalue weighted by molar-refractivity contribution is 5.81. The van der Waals surface area contributed by atoms with Gasteiger partial charge in [0.1, 0.15) is 5.78 Å². The monoisotopic (exact) mass is 129 g/mol. The van der Waals surface area contributed by atoms with Gasteiger partial charge in [0.15, 0.2) is 0 Å². The van der Waals surface area contributed by atoms with Gasteiger partial charge in [-0.1, -0.05) is 0 Å². The number of carbonyl (C=O) groups is 1. The van der Waals surface area contributed by atoms with Gasteiger partial charge in [0.25, 0.3) is 0 Å². The standard InChI is InChI=1S/C6H11NO2/c8-4-5-1-2-6(9)3-7-5/h5,7-8H,1-4H2/t5-/m1/s1. The van der Waals surface area contributed by atoms with Crippen molar-refractivity contribution in [3.8, 4) is 0 Å². The van der Waals surface area contributed by atoms with E-state index in [1.165, 1.54) is 0 Å². The third kappa shape index (κ3) is 1.77. The van der Waals surface area contributed by atoms with Crippen molar-refractivity contribution in [1.82, 2.24) is 5.32 Å². The Bertz CT molecular complexity index is 104. The molecule has 0 radical (unpaired) electrons. The number of ketones is 1. The Morgan fingerprint density at radius 2 is 2.56 bits per heavy atom. The van der Waals surface area contributed by atoms with Crippen molar-refractivity contribution in [3.05, 3.63) is 0 Å². The van der Waals surface area contributed by atoms with Crippen LogP contribution in [0.5, 0.6) is 0 Å².